The number of ether oxygens (including phenoxy) is 1. The van der Waals surface area contributed by atoms with Gasteiger partial charge in [0.2, 0.25) is 0 Å². The van der Waals surface area contributed by atoms with Crippen molar-refractivity contribution in [2.45, 2.75) is 12.2 Å². The number of aliphatic hydroxyl groups is 1. The van der Waals surface area contributed by atoms with Crippen LogP contribution in [0.2, 0.25) is 0 Å². The number of hydrogen-bond acceptors (Lipinski definition) is 5. The molecule has 0 saturated carbocycles. The van der Waals surface area contributed by atoms with Gasteiger partial charge >= 0.3 is 12.1 Å². The van der Waals surface area contributed by atoms with E-state index in [4.69, 9.17) is 5.11 Å². The van der Waals surface area contributed by atoms with Crippen molar-refractivity contribution >= 4 is 11.9 Å². The first kappa shape index (κ1) is 15.9. The van der Waals surface area contributed by atoms with E-state index in [9.17, 15) is 22.8 Å². The molecule has 1 atom stereocenters. The minimum atomic E-state index is -4.60. The first-order valence-corrected chi connectivity index (χ1v) is 5.32. The number of nitrogens with one attached hydrogen (secondary N) is 1. The van der Waals surface area contributed by atoms with Crippen molar-refractivity contribution in [3.8, 4) is 0 Å². The summed E-state index contributed by atoms with van der Waals surface area (Å²) in [6, 6.07) is 0.257. The molecule has 0 aliphatic rings. The quantitative estimate of drug-likeness (QED) is 0.782. The van der Waals surface area contributed by atoms with Gasteiger partial charge in [-0.15, -0.1) is 0 Å². The first-order chi connectivity index (χ1) is 9.29. The van der Waals surface area contributed by atoms with Crippen LogP contribution < -0.4 is 5.32 Å². The fourth-order valence-corrected chi connectivity index (χ4v) is 1.26. The molecule has 0 aromatic carbocycles. The second kappa shape index (κ2) is 6.33. The number of aromatic nitrogens is 1. The van der Waals surface area contributed by atoms with Crippen molar-refractivity contribution in [2.75, 3.05) is 13.7 Å². The molecule has 0 saturated heterocycles. The molecular formula is C11H11F3N2O4. The Kier molecular flexibility index (Phi) is 5.03. The molecule has 0 aliphatic carbocycles. The van der Waals surface area contributed by atoms with Crippen molar-refractivity contribution in [3.63, 3.8) is 0 Å². The van der Waals surface area contributed by atoms with Crippen LogP contribution in [0.3, 0.4) is 0 Å². The Hall–Kier alpha value is -2.16. The van der Waals surface area contributed by atoms with E-state index in [1.54, 1.807) is 0 Å². The summed E-state index contributed by atoms with van der Waals surface area (Å²) in [6.07, 6.45) is -3.88. The van der Waals surface area contributed by atoms with Crippen LogP contribution >= 0.6 is 0 Å². The topological polar surface area (TPSA) is 88.5 Å². The van der Waals surface area contributed by atoms with Gasteiger partial charge in [0.1, 0.15) is 5.69 Å². The van der Waals surface area contributed by atoms with Crippen LogP contribution in [0, 0.1) is 0 Å². The molecule has 0 unspecified atom stereocenters. The molecule has 1 heterocycles. The third-order valence-electron chi connectivity index (χ3n) is 2.29. The highest BCUT2D eigenvalue weighted by Gasteiger charge is 2.32. The highest BCUT2D eigenvalue weighted by Crippen LogP contribution is 2.27. The molecular weight excluding hydrogens is 281 g/mol. The molecule has 9 heteroatoms. The molecule has 0 radical (unpaired) electrons. The Bertz CT molecular complexity index is 487. The summed E-state index contributed by atoms with van der Waals surface area (Å²) in [5, 5.41) is 11.0. The minimum absolute atomic E-state index is 0.180. The van der Waals surface area contributed by atoms with Crippen molar-refractivity contribution in [1.29, 1.82) is 0 Å². The SMILES string of the molecule is COC(=O)[C@@H](CO)NC(=O)c1ccc(C(F)(F)F)nc1. The predicted octanol–water partition coefficient (Wildman–Crippen LogP) is 0.364. The monoisotopic (exact) mass is 292 g/mol. The van der Waals surface area contributed by atoms with E-state index in [-0.39, 0.29) is 5.56 Å². The summed E-state index contributed by atoms with van der Waals surface area (Å²) < 4.78 is 41.2. The zero-order chi connectivity index (χ0) is 15.3. The number of nitrogens with zero attached hydrogens (tertiary/aromatic N) is 1. The Balaban J connectivity index is 2.80. The van der Waals surface area contributed by atoms with Gasteiger partial charge in [0.15, 0.2) is 6.04 Å². The fourth-order valence-electron chi connectivity index (χ4n) is 1.26. The van der Waals surface area contributed by atoms with Gasteiger partial charge in [-0.2, -0.15) is 13.2 Å². The molecule has 1 amide bonds. The number of methoxy groups -OCH3 is 1. The average molecular weight is 292 g/mol. The number of aliphatic hydroxyl groups excluding tert-OH is 1. The van der Waals surface area contributed by atoms with Crippen LogP contribution in [-0.2, 0) is 15.7 Å². The number of rotatable bonds is 4. The molecule has 110 valence electrons. The van der Waals surface area contributed by atoms with E-state index < -0.39 is 36.4 Å². The number of carbonyl (C=O) groups is 2. The van der Waals surface area contributed by atoms with Crippen LogP contribution in [0.1, 0.15) is 16.1 Å². The van der Waals surface area contributed by atoms with E-state index in [2.05, 4.69) is 15.0 Å². The highest BCUT2D eigenvalue weighted by molar-refractivity contribution is 5.96. The molecule has 1 rings (SSSR count). The van der Waals surface area contributed by atoms with E-state index in [1.807, 2.05) is 0 Å². The highest BCUT2D eigenvalue weighted by atomic mass is 19.4. The summed E-state index contributed by atoms with van der Waals surface area (Å²) in [4.78, 5) is 25.9. The number of amides is 1. The van der Waals surface area contributed by atoms with Gasteiger partial charge in [0, 0.05) is 6.20 Å². The molecule has 1 aromatic rings. The van der Waals surface area contributed by atoms with Crippen molar-refractivity contribution in [3.05, 3.63) is 29.6 Å². The van der Waals surface area contributed by atoms with Gasteiger partial charge in [-0.3, -0.25) is 9.78 Å². The molecule has 0 bridgehead atoms. The van der Waals surface area contributed by atoms with Crippen LogP contribution in [0.5, 0.6) is 0 Å². The summed E-state index contributed by atoms with van der Waals surface area (Å²) in [5.41, 5.74) is -1.32. The van der Waals surface area contributed by atoms with Crippen molar-refractivity contribution in [2.24, 2.45) is 0 Å². The van der Waals surface area contributed by atoms with Gasteiger partial charge in [0.25, 0.3) is 5.91 Å². The summed E-state index contributed by atoms with van der Waals surface area (Å²) in [6.45, 7) is -0.702. The molecule has 2 N–H and O–H groups in total. The largest absolute Gasteiger partial charge is 0.467 e. The second-order valence-electron chi connectivity index (χ2n) is 3.66. The maximum Gasteiger partial charge on any atom is 0.433 e. The Morgan fingerprint density at radius 2 is 2.10 bits per heavy atom. The lowest BCUT2D eigenvalue weighted by atomic mass is 10.2. The van der Waals surface area contributed by atoms with Gasteiger partial charge in [-0.1, -0.05) is 0 Å². The van der Waals surface area contributed by atoms with Crippen LogP contribution in [0.4, 0.5) is 13.2 Å². The Morgan fingerprint density at radius 1 is 1.45 bits per heavy atom. The van der Waals surface area contributed by atoms with E-state index >= 15 is 0 Å². The maximum atomic E-state index is 12.3. The van der Waals surface area contributed by atoms with Gasteiger partial charge in [0.05, 0.1) is 19.3 Å². The fraction of sp³-hybridized carbons (Fsp3) is 0.364. The Labute approximate surface area is 111 Å². The smallest absolute Gasteiger partial charge is 0.433 e. The van der Waals surface area contributed by atoms with Crippen LogP contribution in [0.25, 0.3) is 0 Å². The number of halogens is 3. The van der Waals surface area contributed by atoms with E-state index in [0.29, 0.717) is 6.07 Å². The summed E-state index contributed by atoms with van der Waals surface area (Å²) >= 11 is 0. The molecule has 0 spiro atoms. The van der Waals surface area contributed by atoms with E-state index in [0.717, 1.165) is 19.4 Å². The zero-order valence-corrected chi connectivity index (χ0v) is 10.3. The minimum Gasteiger partial charge on any atom is -0.467 e. The van der Waals surface area contributed by atoms with Gasteiger partial charge < -0.3 is 15.2 Å². The van der Waals surface area contributed by atoms with Crippen LogP contribution in [0.15, 0.2) is 18.3 Å². The lowest BCUT2D eigenvalue weighted by Gasteiger charge is -2.13. The second-order valence-corrected chi connectivity index (χ2v) is 3.66. The third-order valence-corrected chi connectivity index (χ3v) is 2.29. The lowest BCUT2D eigenvalue weighted by molar-refractivity contribution is -0.144. The normalized spacial score (nSPS) is 12.7. The average Bonchev–Trinajstić information content (AvgIpc) is 2.42. The number of esters is 1. The number of alkyl halides is 3. The molecule has 0 aliphatic heterocycles. The molecule has 1 aromatic heterocycles. The number of pyridine rings is 1. The van der Waals surface area contributed by atoms with Crippen molar-refractivity contribution in [1.82, 2.24) is 10.3 Å². The van der Waals surface area contributed by atoms with Gasteiger partial charge in [-0.25, -0.2) is 4.79 Å². The maximum absolute atomic E-state index is 12.3. The lowest BCUT2D eigenvalue weighted by Crippen LogP contribution is -2.44. The Morgan fingerprint density at radius 3 is 2.50 bits per heavy atom. The molecule has 20 heavy (non-hydrogen) atoms. The van der Waals surface area contributed by atoms with Gasteiger partial charge in [-0.05, 0) is 12.1 Å². The first-order valence-electron chi connectivity index (χ1n) is 5.32. The van der Waals surface area contributed by atoms with E-state index in [1.165, 1.54) is 0 Å². The summed E-state index contributed by atoms with van der Waals surface area (Å²) in [5.74, 6) is -1.73. The third kappa shape index (κ3) is 3.92. The number of carbonyl (C=O) groups excluding carboxylic acids is 2. The van der Waals surface area contributed by atoms with Crippen LogP contribution in [-0.4, -0.2) is 41.7 Å². The molecule has 0 fully saturated rings. The predicted molar refractivity (Wildman–Crippen MR) is 59.6 cm³/mol. The summed E-state index contributed by atoms with van der Waals surface area (Å²) in [7, 11) is 1.07. The van der Waals surface area contributed by atoms with Crippen molar-refractivity contribution < 1.29 is 32.6 Å². The number of hydrogen-bond donors (Lipinski definition) is 2. The zero-order valence-electron chi connectivity index (χ0n) is 10.3. The standard InChI is InChI=1S/C11H11F3N2O4/c1-20-10(19)7(5-17)16-9(18)6-2-3-8(15-4-6)11(12,13)14/h2-4,7,17H,5H2,1H3,(H,16,18)/t7-/m1/s1. The molecule has 6 nitrogen and oxygen atoms in total.